The van der Waals surface area contributed by atoms with Crippen LogP contribution in [-0.4, -0.2) is 48.7 Å². The second-order valence-electron chi connectivity index (χ2n) is 8.75. The Balaban J connectivity index is 1.47. The molecule has 0 spiro atoms. The minimum absolute atomic E-state index is 0.0415. The van der Waals surface area contributed by atoms with E-state index in [1.165, 1.54) is 16.4 Å². The van der Waals surface area contributed by atoms with E-state index in [9.17, 15) is 18.0 Å². The van der Waals surface area contributed by atoms with Crippen LogP contribution < -0.4 is 9.64 Å². The highest BCUT2D eigenvalue weighted by Gasteiger charge is 2.46. The van der Waals surface area contributed by atoms with Crippen molar-refractivity contribution >= 4 is 38.4 Å². The summed E-state index contributed by atoms with van der Waals surface area (Å²) in [6, 6.07) is 21.2. The Kier molecular flexibility index (Phi) is 6.82. The van der Waals surface area contributed by atoms with Gasteiger partial charge in [0.25, 0.3) is 5.91 Å². The topological polar surface area (TPSA) is 99.8 Å². The van der Waals surface area contributed by atoms with Gasteiger partial charge in [0.15, 0.2) is 0 Å². The molecule has 2 amide bonds. The summed E-state index contributed by atoms with van der Waals surface area (Å²) < 4.78 is 34.2. The van der Waals surface area contributed by atoms with Gasteiger partial charge in [-0.1, -0.05) is 36.4 Å². The van der Waals surface area contributed by atoms with Crippen molar-refractivity contribution in [2.45, 2.75) is 30.7 Å². The number of para-hydroxylation sites is 1. The number of nitrogens with one attached hydrogen (secondary N) is 1. The number of sulfonamides is 1. The van der Waals surface area contributed by atoms with E-state index in [0.717, 1.165) is 21.4 Å². The first kappa shape index (κ1) is 24.7. The van der Waals surface area contributed by atoms with E-state index in [-0.39, 0.29) is 17.9 Å². The third-order valence-electron chi connectivity index (χ3n) is 6.50. The molecule has 5 rings (SSSR count). The highest BCUT2D eigenvalue weighted by molar-refractivity contribution is 7.89. The molecule has 1 atom stereocenters. The molecular formula is C28H27N3O5S. The Morgan fingerprint density at radius 3 is 2.41 bits per heavy atom. The summed E-state index contributed by atoms with van der Waals surface area (Å²) in [5, 5.41) is 0.990. The highest BCUT2D eigenvalue weighted by atomic mass is 32.2. The molecule has 0 aliphatic carbocycles. The average molecular weight is 518 g/mol. The lowest BCUT2D eigenvalue weighted by Gasteiger charge is -2.27. The molecule has 0 saturated carbocycles. The Morgan fingerprint density at radius 1 is 0.973 bits per heavy atom. The van der Waals surface area contributed by atoms with Gasteiger partial charge in [0.05, 0.1) is 23.6 Å². The molecule has 1 saturated heterocycles. The summed E-state index contributed by atoms with van der Waals surface area (Å²) in [5.74, 6) is -0.388. The van der Waals surface area contributed by atoms with E-state index in [0.29, 0.717) is 24.5 Å². The summed E-state index contributed by atoms with van der Waals surface area (Å²) in [7, 11) is -4.06. The molecule has 1 aliphatic rings. The molecule has 1 fully saturated rings. The molecular weight excluding hydrogens is 490 g/mol. The van der Waals surface area contributed by atoms with E-state index < -0.39 is 27.9 Å². The van der Waals surface area contributed by atoms with Gasteiger partial charge in [-0.15, -0.1) is 0 Å². The van der Waals surface area contributed by atoms with Crippen molar-refractivity contribution in [2.75, 3.05) is 18.1 Å². The first-order valence-corrected chi connectivity index (χ1v) is 13.6. The predicted octanol–water partition coefficient (Wildman–Crippen LogP) is 4.13. The van der Waals surface area contributed by atoms with E-state index >= 15 is 0 Å². The van der Waals surface area contributed by atoms with Gasteiger partial charge in [-0.3, -0.25) is 9.59 Å². The Labute approximate surface area is 215 Å². The van der Waals surface area contributed by atoms with Crippen molar-refractivity contribution in [3.05, 3.63) is 90.6 Å². The zero-order chi connectivity index (χ0) is 26.0. The zero-order valence-corrected chi connectivity index (χ0v) is 21.1. The van der Waals surface area contributed by atoms with Crippen molar-refractivity contribution in [3.8, 4) is 5.75 Å². The van der Waals surface area contributed by atoms with Crippen LogP contribution in [0, 0.1) is 0 Å². The van der Waals surface area contributed by atoms with E-state index in [2.05, 4.69) is 4.98 Å². The molecule has 0 radical (unpaired) electrons. The van der Waals surface area contributed by atoms with Gasteiger partial charge in [-0.05, 0) is 61.4 Å². The Bertz CT molecular complexity index is 1530. The van der Waals surface area contributed by atoms with E-state index in [4.69, 9.17) is 4.74 Å². The summed E-state index contributed by atoms with van der Waals surface area (Å²) >= 11 is 0. The molecule has 1 N–H and O–H groups in total. The van der Waals surface area contributed by atoms with Crippen LogP contribution in [0.1, 0.15) is 18.9 Å². The molecule has 3 aromatic carbocycles. The molecule has 2 heterocycles. The van der Waals surface area contributed by atoms with Crippen LogP contribution in [0.3, 0.4) is 0 Å². The molecule has 190 valence electrons. The molecule has 4 aromatic rings. The quantitative estimate of drug-likeness (QED) is 0.337. The smallest absolute Gasteiger partial charge is 0.252 e. The number of benzene rings is 3. The molecule has 0 bridgehead atoms. The number of aromatic amines is 1. The predicted molar refractivity (Wildman–Crippen MR) is 141 cm³/mol. The van der Waals surface area contributed by atoms with Crippen molar-refractivity contribution in [3.63, 3.8) is 0 Å². The molecule has 1 aliphatic heterocycles. The van der Waals surface area contributed by atoms with Gasteiger partial charge in [0, 0.05) is 23.6 Å². The van der Waals surface area contributed by atoms with Crippen LogP contribution in [0.4, 0.5) is 5.69 Å². The SMILES string of the molecule is CCOc1ccc(N2C(=O)CC(N(CCc3c[nH]c4ccccc34)S(=O)(=O)c3ccccc3)C2=O)cc1. The van der Waals surface area contributed by atoms with Crippen molar-refractivity contribution in [1.29, 1.82) is 0 Å². The summed E-state index contributed by atoms with van der Waals surface area (Å²) in [6.07, 6.45) is 1.99. The third kappa shape index (κ3) is 4.75. The third-order valence-corrected chi connectivity index (χ3v) is 8.43. The van der Waals surface area contributed by atoms with Crippen molar-refractivity contribution in [1.82, 2.24) is 9.29 Å². The zero-order valence-electron chi connectivity index (χ0n) is 20.3. The van der Waals surface area contributed by atoms with Gasteiger partial charge >= 0.3 is 0 Å². The van der Waals surface area contributed by atoms with Crippen molar-refractivity contribution < 1.29 is 22.7 Å². The van der Waals surface area contributed by atoms with E-state index in [1.807, 2.05) is 37.4 Å². The molecule has 1 unspecified atom stereocenters. The first-order chi connectivity index (χ1) is 17.9. The number of anilines is 1. The summed E-state index contributed by atoms with van der Waals surface area (Å²) in [5.41, 5.74) is 2.27. The lowest BCUT2D eigenvalue weighted by Crippen LogP contribution is -2.46. The van der Waals surface area contributed by atoms with E-state index in [1.54, 1.807) is 42.5 Å². The number of fused-ring (bicyclic) bond motifs is 1. The maximum absolute atomic E-state index is 13.8. The first-order valence-electron chi connectivity index (χ1n) is 12.1. The number of H-pyrrole nitrogens is 1. The number of hydrogen-bond acceptors (Lipinski definition) is 5. The lowest BCUT2D eigenvalue weighted by molar-refractivity contribution is -0.122. The van der Waals surface area contributed by atoms with Gasteiger partial charge in [0.2, 0.25) is 15.9 Å². The Morgan fingerprint density at radius 2 is 1.68 bits per heavy atom. The fourth-order valence-corrected chi connectivity index (χ4v) is 6.31. The molecule has 9 heteroatoms. The number of imide groups is 1. The normalized spacial score (nSPS) is 16.2. The van der Waals surface area contributed by atoms with Gasteiger partial charge in [-0.25, -0.2) is 13.3 Å². The number of hydrogen-bond donors (Lipinski definition) is 1. The fourth-order valence-electron chi connectivity index (χ4n) is 4.71. The van der Waals surface area contributed by atoms with Gasteiger partial charge in [-0.2, -0.15) is 4.31 Å². The van der Waals surface area contributed by atoms with Crippen LogP contribution in [0.2, 0.25) is 0 Å². The summed E-state index contributed by atoms with van der Waals surface area (Å²) in [4.78, 5) is 31.0. The van der Waals surface area contributed by atoms with Gasteiger partial charge in [0.1, 0.15) is 11.8 Å². The highest BCUT2D eigenvalue weighted by Crippen LogP contribution is 2.31. The second-order valence-corrected chi connectivity index (χ2v) is 10.6. The maximum atomic E-state index is 13.8. The minimum Gasteiger partial charge on any atom is -0.494 e. The van der Waals surface area contributed by atoms with Gasteiger partial charge < -0.3 is 9.72 Å². The minimum atomic E-state index is -4.06. The van der Waals surface area contributed by atoms with Crippen LogP contribution in [0.15, 0.2) is 90.0 Å². The van der Waals surface area contributed by atoms with Crippen LogP contribution >= 0.6 is 0 Å². The number of carbonyl (C=O) groups is 2. The van der Waals surface area contributed by atoms with Crippen LogP contribution in [-0.2, 0) is 26.0 Å². The number of carbonyl (C=O) groups excluding carboxylic acids is 2. The second kappa shape index (κ2) is 10.2. The standard InChI is InChI=1S/C28H27N3O5S/c1-2-36-22-14-12-21(13-15-22)31-27(32)18-26(28(31)33)30(37(34,35)23-8-4-3-5-9-23)17-16-20-19-29-25-11-7-6-10-24(20)25/h3-15,19,26,29H,2,16-18H2,1H3. The van der Waals surface area contributed by atoms with Crippen LogP contribution in [0.25, 0.3) is 10.9 Å². The maximum Gasteiger partial charge on any atom is 0.252 e. The number of amides is 2. The largest absolute Gasteiger partial charge is 0.494 e. The Hall–Kier alpha value is -3.95. The molecule has 1 aromatic heterocycles. The fraction of sp³-hybridized carbons (Fsp3) is 0.214. The molecule has 8 nitrogen and oxygen atoms in total. The number of ether oxygens (including phenoxy) is 1. The number of rotatable bonds is 9. The average Bonchev–Trinajstić information content (AvgIpc) is 3.45. The summed E-state index contributed by atoms with van der Waals surface area (Å²) in [6.45, 7) is 2.40. The van der Waals surface area contributed by atoms with Crippen molar-refractivity contribution in [2.24, 2.45) is 0 Å². The monoisotopic (exact) mass is 517 g/mol. The molecule has 37 heavy (non-hydrogen) atoms. The lowest BCUT2D eigenvalue weighted by atomic mass is 10.1. The number of nitrogens with zero attached hydrogens (tertiary/aromatic N) is 2. The number of aromatic nitrogens is 1. The van der Waals surface area contributed by atoms with Crippen LogP contribution in [0.5, 0.6) is 5.75 Å².